The highest BCUT2D eigenvalue weighted by molar-refractivity contribution is 7.89. The molecule has 3 rings (SSSR count). The Balaban J connectivity index is 1.90. The average Bonchev–Trinajstić information content (AvgIpc) is 2.77. The standard InChI is InChI=1S/C25H32N2O7S/c1-17-13-18(2)15-20(14-17)33-21-8-7-19(23(28)32-6)16-22(21)35(30,31)27-11-9-26(10-12-27)24(29)34-25(3,4)5/h7-8,13-16H,9-12H2,1-6H3/p+1. The zero-order valence-electron chi connectivity index (χ0n) is 21.0. The van der Waals surface area contributed by atoms with Gasteiger partial charge in [0.25, 0.3) is 0 Å². The third kappa shape index (κ3) is 6.52. The number of rotatable bonds is 5. The molecule has 1 N–H and O–H groups in total. The normalized spacial score (nSPS) is 15.0. The lowest BCUT2D eigenvalue weighted by Crippen LogP contribution is -2.51. The molecule has 2 aromatic rings. The Bertz CT molecular complexity index is 1190. The van der Waals surface area contributed by atoms with Gasteiger partial charge in [-0.25, -0.2) is 13.2 Å². The minimum absolute atomic E-state index is 0.0920. The van der Waals surface area contributed by atoms with E-state index < -0.39 is 27.7 Å². The highest BCUT2D eigenvalue weighted by Crippen LogP contribution is 2.33. The van der Waals surface area contributed by atoms with Crippen molar-refractivity contribution < 1.29 is 32.2 Å². The molecule has 0 spiro atoms. The third-order valence-electron chi connectivity index (χ3n) is 5.32. The van der Waals surface area contributed by atoms with Crippen LogP contribution in [0.2, 0.25) is 0 Å². The number of hydrogen-bond acceptors (Lipinski definition) is 6. The van der Waals surface area contributed by atoms with Crippen molar-refractivity contribution in [1.82, 2.24) is 9.21 Å². The Labute approximate surface area is 206 Å². The Kier molecular flexibility index (Phi) is 7.76. The lowest BCUT2D eigenvalue weighted by atomic mass is 10.1. The molecule has 1 saturated heterocycles. The van der Waals surface area contributed by atoms with Crippen LogP contribution in [0.3, 0.4) is 0 Å². The van der Waals surface area contributed by atoms with E-state index >= 15 is 0 Å². The summed E-state index contributed by atoms with van der Waals surface area (Å²) in [5.41, 5.74) is 1.52. The summed E-state index contributed by atoms with van der Waals surface area (Å²) in [5.74, 6) is 0.216. The van der Waals surface area contributed by atoms with E-state index in [-0.39, 0.29) is 42.4 Å². The van der Waals surface area contributed by atoms with Crippen LogP contribution in [0.25, 0.3) is 0 Å². The van der Waals surface area contributed by atoms with Gasteiger partial charge in [-0.1, -0.05) is 6.07 Å². The van der Waals surface area contributed by atoms with Crippen LogP contribution < -0.4 is 4.74 Å². The molecule has 10 heteroatoms. The molecule has 0 radical (unpaired) electrons. The summed E-state index contributed by atoms with van der Waals surface area (Å²) in [7, 11) is -2.74. The maximum Gasteiger partial charge on any atom is 0.517 e. The first-order valence-electron chi connectivity index (χ1n) is 11.3. The number of ether oxygens (including phenoxy) is 3. The second-order valence-corrected chi connectivity index (χ2v) is 11.4. The summed E-state index contributed by atoms with van der Waals surface area (Å²) in [6, 6.07) is 9.96. The van der Waals surface area contributed by atoms with Crippen molar-refractivity contribution in [3.63, 3.8) is 0 Å². The van der Waals surface area contributed by atoms with E-state index in [2.05, 4.69) is 0 Å². The molecular weight excluding hydrogens is 472 g/mol. The molecular formula is C25H33N2O7S+. The fourth-order valence-corrected chi connectivity index (χ4v) is 5.30. The van der Waals surface area contributed by atoms with Crippen LogP contribution in [0.5, 0.6) is 11.5 Å². The number of hydrogen-bond donors (Lipinski definition) is 0. The topological polar surface area (TPSA) is 107 Å². The molecule has 0 saturated carbocycles. The van der Waals surface area contributed by atoms with Gasteiger partial charge in [-0.3, -0.25) is 0 Å². The second-order valence-electron chi connectivity index (χ2n) is 9.47. The molecule has 1 aliphatic rings. The monoisotopic (exact) mass is 505 g/mol. The number of piperazine rings is 1. The summed E-state index contributed by atoms with van der Waals surface area (Å²) < 4.78 is 44.9. The third-order valence-corrected chi connectivity index (χ3v) is 7.24. The summed E-state index contributed by atoms with van der Waals surface area (Å²) in [5, 5.41) is 0. The number of methoxy groups -OCH3 is 1. The van der Waals surface area contributed by atoms with E-state index in [0.717, 1.165) is 11.1 Å². The van der Waals surface area contributed by atoms with Crippen LogP contribution in [0.1, 0.15) is 37.5 Å². The Morgan fingerprint density at radius 2 is 1.57 bits per heavy atom. The van der Waals surface area contributed by atoms with Crippen molar-refractivity contribution in [1.29, 1.82) is 0 Å². The van der Waals surface area contributed by atoms with Crippen molar-refractivity contribution in [2.45, 2.75) is 45.1 Å². The molecule has 1 fully saturated rings. The Hall–Kier alpha value is -3.11. The number of carbonyl (C=O) groups is 1. The van der Waals surface area contributed by atoms with Gasteiger partial charge in [0, 0.05) is 26.2 Å². The minimum Gasteiger partial charge on any atom is -0.456 e. The molecule has 190 valence electrons. The van der Waals surface area contributed by atoms with Gasteiger partial charge in [0.05, 0.1) is 0 Å². The van der Waals surface area contributed by atoms with E-state index in [1.54, 1.807) is 20.8 Å². The fraction of sp³-hybridized carbons (Fsp3) is 0.440. The quantitative estimate of drug-likeness (QED) is 0.452. The summed E-state index contributed by atoms with van der Waals surface area (Å²) in [6.45, 7) is 9.76. The van der Waals surface area contributed by atoms with Crippen LogP contribution in [0.15, 0.2) is 41.3 Å². The van der Waals surface area contributed by atoms with Gasteiger partial charge in [-0.05, 0) is 76.1 Å². The average molecular weight is 506 g/mol. The summed E-state index contributed by atoms with van der Waals surface area (Å²) >= 11 is 0. The molecule has 1 heterocycles. The van der Waals surface area contributed by atoms with Gasteiger partial charge < -0.3 is 23.9 Å². The molecule has 1 amide bonds. The number of sulfonamides is 1. The lowest BCUT2D eigenvalue weighted by molar-refractivity contribution is 0.0192. The van der Waals surface area contributed by atoms with Gasteiger partial charge in [-0.2, -0.15) is 4.31 Å². The summed E-state index contributed by atoms with van der Waals surface area (Å²) in [4.78, 5) is 23.8. The second kappa shape index (κ2) is 10.2. The molecule has 1 aliphatic heterocycles. The molecule has 0 aromatic heterocycles. The number of esters is 1. The van der Waals surface area contributed by atoms with Crippen LogP contribution in [-0.2, 0) is 19.5 Å². The van der Waals surface area contributed by atoms with E-state index in [1.165, 1.54) is 34.5 Å². The Morgan fingerprint density at radius 1 is 0.971 bits per heavy atom. The lowest BCUT2D eigenvalue weighted by Gasteiger charge is -2.35. The van der Waals surface area contributed by atoms with E-state index in [9.17, 15) is 18.0 Å². The maximum atomic E-state index is 13.7. The van der Waals surface area contributed by atoms with Gasteiger partial charge in [-0.15, -0.1) is 0 Å². The molecule has 9 nitrogen and oxygen atoms in total. The predicted molar refractivity (Wildman–Crippen MR) is 132 cm³/mol. The molecule has 0 bridgehead atoms. The minimum atomic E-state index is -4.03. The van der Waals surface area contributed by atoms with Crippen LogP contribution in [0, 0.1) is 13.8 Å². The first-order chi connectivity index (χ1) is 16.3. The van der Waals surface area contributed by atoms with Gasteiger partial charge in [0.15, 0.2) is 7.11 Å². The fourth-order valence-electron chi connectivity index (χ4n) is 3.74. The predicted octanol–water partition coefficient (Wildman–Crippen LogP) is 3.83. The van der Waals surface area contributed by atoms with Gasteiger partial charge in [0.1, 0.15) is 27.6 Å². The highest BCUT2D eigenvalue weighted by Gasteiger charge is 2.34. The van der Waals surface area contributed by atoms with Crippen LogP contribution in [0.4, 0.5) is 4.79 Å². The first-order valence-corrected chi connectivity index (χ1v) is 12.7. The number of benzene rings is 2. The highest BCUT2D eigenvalue weighted by atomic mass is 32.2. The number of aryl methyl sites for hydroxylation is 2. The zero-order valence-corrected chi connectivity index (χ0v) is 21.8. The molecule has 0 aliphatic carbocycles. The molecule has 35 heavy (non-hydrogen) atoms. The SMILES string of the molecule is COC(=[OH+])c1ccc(Oc2cc(C)cc(C)c2)c(S(=O)(=O)N2CCN(C(=O)OC(C)(C)C)CC2)c1. The van der Waals surface area contributed by atoms with Crippen molar-refractivity contribution in [2.75, 3.05) is 33.3 Å². The van der Waals surface area contributed by atoms with Crippen LogP contribution >= 0.6 is 0 Å². The van der Waals surface area contributed by atoms with Crippen molar-refractivity contribution in [2.24, 2.45) is 0 Å². The van der Waals surface area contributed by atoms with Crippen molar-refractivity contribution >= 4 is 22.1 Å². The van der Waals surface area contributed by atoms with Gasteiger partial charge in [0.2, 0.25) is 10.0 Å². The zero-order chi connectivity index (χ0) is 26.0. The largest absolute Gasteiger partial charge is 0.517 e. The molecule has 0 unspecified atom stereocenters. The number of carbonyl (C=O) groups excluding carboxylic acids is 2. The van der Waals surface area contributed by atoms with E-state index in [1.807, 2.05) is 32.0 Å². The Morgan fingerprint density at radius 3 is 2.11 bits per heavy atom. The van der Waals surface area contributed by atoms with E-state index in [4.69, 9.17) is 14.2 Å². The number of amides is 1. The summed E-state index contributed by atoms with van der Waals surface area (Å²) in [6.07, 6.45) is -0.477. The molecule has 0 atom stereocenters. The van der Waals surface area contributed by atoms with Crippen molar-refractivity contribution in [3.8, 4) is 11.5 Å². The van der Waals surface area contributed by atoms with Gasteiger partial charge >= 0.3 is 12.1 Å². The molecule has 2 aromatic carbocycles. The maximum absolute atomic E-state index is 13.7. The number of nitrogens with zero attached hydrogens (tertiary/aromatic N) is 2. The van der Waals surface area contributed by atoms with Crippen LogP contribution in [-0.4, -0.2) is 73.4 Å². The smallest absolute Gasteiger partial charge is 0.456 e. The van der Waals surface area contributed by atoms with E-state index in [0.29, 0.717) is 5.75 Å². The van der Waals surface area contributed by atoms with Crippen molar-refractivity contribution in [3.05, 3.63) is 53.1 Å². The first kappa shape index (κ1) is 26.5.